The third kappa shape index (κ3) is 4.25. The molecule has 0 saturated carbocycles. The smallest absolute Gasteiger partial charge is 0.308 e. The first-order chi connectivity index (χ1) is 9.22. The Morgan fingerprint density at radius 1 is 0.944 bits per heavy atom. The monoisotopic (exact) mass is 254 g/mol. The van der Waals surface area contributed by atoms with Gasteiger partial charge in [-0.2, -0.15) is 0 Å². The molecule has 6 nitrogen and oxygen atoms in total. The molecule has 1 aromatic carbocycles. The third-order valence-electron chi connectivity index (χ3n) is 1.53. The van der Waals surface area contributed by atoms with E-state index in [4.69, 9.17) is 17.0 Å². The Morgan fingerprint density at radius 2 is 1.44 bits per heavy atom. The zero-order valence-corrected chi connectivity index (χ0v) is 10.0. The predicted molar refractivity (Wildman–Crippen MR) is 60.4 cm³/mol. The summed E-state index contributed by atoms with van der Waals surface area (Å²) in [5.74, 6) is -3.24. The highest BCUT2D eigenvalue weighted by Crippen LogP contribution is 2.32. The number of esters is 3. The van der Waals surface area contributed by atoms with E-state index in [1.54, 1.807) is 0 Å². The minimum atomic E-state index is -0.751. The maximum Gasteiger partial charge on any atom is 0.308 e. The normalized spacial score (nSPS) is 11.1. The van der Waals surface area contributed by atoms with Crippen molar-refractivity contribution in [3.8, 4) is 17.2 Å². The Labute approximate surface area is 106 Å². The number of carbonyl (C=O) groups is 3. The summed E-state index contributed by atoms with van der Waals surface area (Å²) in [5.41, 5.74) is 0. The van der Waals surface area contributed by atoms with E-state index in [-0.39, 0.29) is 23.3 Å². The Morgan fingerprint density at radius 3 is 1.94 bits per heavy atom. The summed E-state index contributed by atoms with van der Waals surface area (Å²) in [6.45, 7) is 3.31. The van der Waals surface area contributed by atoms with Crippen LogP contribution in [0.25, 0.3) is 0 Å². The van der Waals surface area contributed by atoms with Crippen molar-refractivity contribution in [2.24, 2.45) is 0 Å². The van der Waals surface area contributed by atoms with E-state index >= 15 is 0 Å². The first-order valence-electron chi connectivity index (χ1n) is 5.91. The van der Waals surface area contributed by atoms with Gasteiger partial charge in [-0.3, -0.25) is 14.4 Å². The van der Waals surface area contributed by atoms with Crippen molar-refractivity contribution >= 4 is 17.9 Å². The fourth-order valence-corrected chi connectivity index (χ4v) is 1.05. The lowest BCUT2D eigenvalue weighted by atomic mass is 10.3. The van der Waals surface area contributed by atoms with E-state index in [1.807, 2.05) is 0 Å². The molecule has 0 bridgehead atoms. The van der Waals surface area contributed by atoms with Crippen LogP contribution in [0.1, 0.15) is 23.5 Å². The lowest BCUT2D eigenvalue weighted by Crippen LogP contribution is -2.08. The summed E-state index contributed by atoms with van der Waals surface area (Å²) in [5, 5.41) is 0. The fourth-order valence-electron chi connectivity index (χ4n) is 1.05. The zero-order chi connectivity index (χ0) is 15.4. The van der Waals surface area contributed by atoms with Crippen molar-refractivity contribution in [2.45, 2.75) is 20.8 Å². The molecule has 0 aliphatic rings. The van der Waals surface area contributed by atoms with Crippen LogP contribution in [0.4, 0.5) is 0 Å². The summed E-state index contributed by atoms with van der Waals surface area (Å²) in [7, 11) is 0. The van der Waals surface area contributed by atoms with Gasteiger partial charge in [0, 0.05) is 26.8 Å². The van der Waals surface area contributed by atoms with Crippen molar-refractivity contribution in [1.29, 1.82) is 0 Å². The standard InChI is InChI=1S/C12H12O6/c1-7(13)16-10-4-5-11(17-8(2)14)12(6-10)18-9(3)15/h4-6H,1-3H3/i4D,6D. The van der Waals surface area contributed by atoms with E-state index in [9.17, 15) is 14.4 Å². The van der Waals surface area contributed by atoms with Crippen molar-refractivity contribution in [3.63, 3.8) is 0 Å². The van der Waals surface area contributed by atoms with Crippen LogP contribution in [0, 0.1) is 0 Å². The van der Waals surface area contributed by atoms with Gasteiger partial charge >= 0.3 is 17.9 Å². The van der Waals surface area contributed by atoms with E-state index in [0.717, 1.165) is 26.8 Å². The van der Waals surface area contributed by atoms with Gasteiger partial charge in [-0.05, 0) is 12.1 Å². The van der Waals surface area contributed by atoms with Crippen LogP contribution in [0.2, 0.25) is 0 Å². The largest absolute Gasteiger partial charge is 0.427 e. The topological polar surface area (TPSA) is 78.9 Å². The quantitative estimate of drug-likeness (QED) is 0.600. The molecule has 0 unspecified atom stereocenters. The molecule has 0 aliphatic carbocycles. The molecule has 0 heterocycles. The molecule has 0 amide bonds. The molecule has 0 fully saturated rings. The van der Waals surface area contributed by atoms with Crippen LogP contribution in [0.3, 0.4) is 0 Å². The fraction of sp³-hybridized carbons (Fsp3) is 0.250. The molecule has 0 radical (unpaired) electrons. The summed E-state index contributed by atoms with van der Waals surface area (Å²) in [4.78, 5) is 32.9. The van der Waals surface area contributed by atoms with Crippen LogP contribution >= 0.6 is 0 Å². The van der Waals surface area contributed by atoms with Crippen molar-refractivity contribution < 1.29 is 31.3 Å². The van der Waals surface area contributed by atoms with Gasteiger partial charge in [0.05, 0.1) is 2.74 Å². The average molecular weight is 254 g/mol. The van der Waals surface area contributed by atoms with E-state index < -0.39 is 24.0 Å². The summed E-state index contributed by atoms with van der Waals surface area (Å²) in [6, 6.07) is 0.146. The molecule has 96 valence electrons. The number of ether oxygens (including phenoxy) is 3. The molecule has 0 spiro atoms. The van der Waals surface area contributed by atoms with Gasteiger partial charge in [-0.15, -0.1) is 0 Å². The maximum absolute atomic E-state index is 11.0. The Kier molecular flexibility index (Phi) is 3.47. The van der Waals surface area contributed by atoms with E-state index in [0.29, 0.717) is 0 Å². The van der Waals surface area contributed by atoms with Gasteiger partial charge in [0.1, 0.15) is 5.75 Å². The maximum atomic E-state index is 11.0. The number of benzene rings is 1. The molecule has 0 N–H and O–H groups in total. The zero-order valence-electron chi connectivity index (χ0n) is 12.0. The summed E-state index contributed by atoms with van der Waals surface area (Å²) in [6.07, 6.45) is 0. The number of carbonyl (C=O) groups excluding carboxylic acids is 3. The summed E-state index contributed by atoms with van der Waals surface area (Å²) >= 11 is 0. The second-order valence-corrected chi connectivity index (χ2v) is 3.22. The molecular weight excluding hydrogens is 240 g/mol. The van der Waals surface area contributed by atoms with Crippen LogP contribution in [-0.2, 0) is 14.4 Å². The minimum Gasteiger partial charge on any atom is -0.427 e. The highest BCUT2D eigenvalue weighted by atomic mass is 16.6. The Bertz CT molecular complexity index is 582. The highest BCUT2D eigenvalue weighted by Gasteiger charge is 2.12. The molecule has 0 saturated heterocycles. The van der Waals surface area contributed by atoms with Gasteiger partial charge in [0.15, 0.2) is 11.5 Å². The van der Waals surface area contributed by atoms with Gasteiger partial charge < -0.3 is 14.2 Å². The Balaban J connectivity index is 3.42. The first kappa shape index (κ1) is 10.8. The van der Waals surface area contributed by atoms with Crippen molar-refractivity contribution in [3.05, 3.63) is 18.2 Å². The highest BCUT2D eigenvalue weighted by molar-refractivity contribution is 5.74. The second-order valence-electron chi connectivity index (χ2n) is 3.22. The SMILES string of the molecule is [2H]c1cc(OC(C)=O)c(OC(C)=O)c([2H])c1OC(C)=O. The molecule has 0 aromatic heterocycles. The minimum absolute atomic E-state index is 0.265. The molecule has 1 rings (SSSR count). The van der Waals surface area contributed by atoms with Crippen LogP contribution in [0.5, 0.6) is 17.2 Å². The number of rotatable bonds is 3. The third-order valence-corrected chi connectivity index (χ3v) is 1.53. The lowest BCUT2D eigenvalue weighted by Gasteiger charge is -2.10. The lowest BCUT2D eigenvalue weighted by molar-refractivity contribution is -0.134. The van der Waals surface area contributed by atoms with E-state index in [1.165, 1.54) is 0 Å². The Hall–Kier alpha value is -2.37. The van der Waals surface area contributed by atoms with Gasteiger partial charge in [0.25, 0.3) is 0 Å². The van der Waals surface area contributed by atoms with E-state index in [2.05, 4.69) is 0 Å². The van der Waals surface area contributed by atoms with Crippen LogP contribution < -0.4 is 14.2 Å². The predicted octanol–water partition coefficient (Wildman–Crippen LogP) is 1.46. The summed E-state index contributed by atoms with van der Waals surface area (Å²) < 4.78 is 29.7. The molecular formula is C12H12O6. The van der Waals surface area contributed by atoms with Gasteiger partial charge in [0.2, 0.25) is 0 Å². The molecule has 18 heavy (non-hydrogen) atoms. The van der Waals surface area contributed by atoms with Crippen LogP contribution in [-0.4, -0.2) is 17.9 Å². The average Bonchev–Trinajstić information content (AvgIpc) is 2.28. The van der Waals surface area contributed by atoms with Crippen molar-refractivity contribution in [2.75, 3.05) is 0 Å². The van der Waals surface area contributed by atoms with Crippen LogP contribution in [0.15, 0.2) is 18.2 Å². The van der Waals surface area contributed by atoms with Gasteiger partial charge in [-0.1, -0.05) is 0 Å². The first-order valence-corrected chi connectivity index (χ1v) is 4.91. The van der Waals surface area contributed by atoms with Crippen molar-refractivity contribution in [1.82, 2.24) is 0 Å². The number of hydrogen-bond acceptors (Lipinski definition) is 6. The molecule has 0 aliphatic heterocycles. The number of hydrogen-bond donors (Lipinski definition) is 0. The molecule has 6 heteroatoms. The van der Waals surface area contributed by atoms with Gasteiger partial charge in [-0.25, -0.2) is 0 Å². The molecule has 0 atom stereocenters. The second kappa shape index (κ2) is 5.81. The molecule has 1 aromatic rings.